The van der Waals surface area contributed by atoms with Crippen LogP contribution in [0.3, 0.4) is 0 Å². The van der Waals surface area contributed by atoms with Gasteiger partial charge in [0.15, 0.2) is 0 Å². The average molecular weight is 257 g/mol. The van der Waals surface area contributed by atoms with Gasteiger partial charge in [0.1, 0.15) is 0 Å². The van der Waals surface area contributed by atoms with Crippen LogP contribution in [-0.4, -0.2) is 5.92 Å². The molecule has 0 aromatic rings. The van der Waals surface area contributed by atoms with E-state index in [1.165, 1.54) is 32.1 Å². The Morgan fingerprint density at radius 1 is 0.778 bits per heavy atom. The van der Waals surface area contributed by atoms with Gasteiger partial charge in [0.05, 0.1) is 0 Å². The molecule has 105 valence electrons. The van der Waals surface area contributed by atoms with Gasteiger partial charge in [0.25, 0.3) is 5.92 Å². The van der Waals surface area contributed by atoms with E-state index >= 15 is 0 Å². The molecule has 18 heavy (non-hydrogen) atoms. The number of alkyl halides is 2. The lowest BCUT2D eigenvalue weighted by molar-refractivity contribution is -0.000681. The van der Waals surface area contributed by atoms with E-state index in [1.54, 1.807) is 0 Å². The monoisotopic (exact) mass is 257 g/mol. The average Bonchev–Trinajstić information content (AvgIpc) is 2.38. The summed E-state index contributed by atoms with van der Waals surface area (Å²) < 4.78 is 27.8. The third kappa shape index (κ3) is 4.85. The van der Waals surface area contributed by atoms with Crippen LogP contribution in [-0.2, 0) is 0 Å². The van der Waals surface area contributed by atoms with Crippen LogP contribution in [0.15, 0.2) is 0 Å². The molecule has 2 aliphatic rings. The fraction of sp³-hybridized carbons (Fsp3) is 0.938. The second-order valence-corrected chi connectivity index (χ2v) is 6.41. The number of hydrogen-bond acceptors (Lipinski definition) is 0. The summed E-state index contributed by atoms with van der Waals surface area (Å²) in [6.07, 6.45) is 13.8. The van der Waals surface area contributed by atoms with Gasteiger partial charge >= 0.3 is 0 Å². The minimum atomic E-state index is -2.51. The summed E-state index contributed by atoms with van der Waals surface area (Å²) in [4.78, 5) is 0. The van der Waals surface area contributed by atoms with E-state index in [1.807, 2.05) is 0 Å². The lowest BCUT2D eigenvalue weighted by atomic mass is 9.82. The predicted molar refractivity (Wildman–Crippen MR) is 71.6 cm³/mol. The molecule has 0 unspecified atom stereocenters. The van der Waals surface area contributed by atoms with E-state index in [-0.39, 0.29) is 12.3 Å². The molecule has 0 amide bonds. The van der Waals surface area contributed by atoms with Crippen LogP contribution >= 0.6 is 0 Å². The number of halogens is 2. The van der Waals surface area contributed by atoms with Gasteiger partial charge in [-0.2, -0.15) is 0 Å². The molecule has 0 aliphatic heterocycles. The van der Waals surface area contributed by atoms with Crippen molar-refractivity contribution in [2.45, 2.75) is 83.0 Å². The third-order valence-corrected chi connectivity index (χ3v) is 4.76. The molecule has 2 heteroatoms. The molecular formula is C16H27F2. The van der Waals surface area contributed by atoms with Crippen LogP contribution < -0.4 is 0 Å². The van der Waals surface area contributed by atoms with E-state index in [0.717, 1.165) is 38.5 Å². The molecule has 0 saturated heterocycles. The molecular weight excluding hydrogens is 230 g/mol. The first-order valence-electron chi connectivity index (χ1n) is 7.88. The molecule has 0 atom stereocenters. The van der Waals surface area contributed by atoms with Crippen molar-refractivity contribution in [2.24, 2.45) is 11.8 Å². The van der Waals surface area contributed by atoms with Crippen molar-refractivity contribution in [1.82, 2.24) is 0 Å². The highest BCUT2D eigenvalue weighted by Crippen LogP contribution is 2.37. The first kappa shape index (κ1) is 14.3. The quantitative estimate of drug-likeness (QED) is 0.586. The molecule has 1 radical (unpaired) electrons. The van der Waals surface area contributed by atoms with E-state index in [0.29, 0.717) is 12.3 Å². The minimum Gasteiger partial charge on any atom is -0.207 e. The third-order valence-electron chi connectivity index (χ3n) is 4.76. The van der Waals surface area contributed by atoms with E-state index < -0.39 is 5.92 Å². The van der Waals surface area contributed by atoms with Gasteiger partial charge in [0.2, 0.25) is 0 Å². The molecule has 0 aromatic heterocycles. The normalized spacial score (nSPS) is 24.3. The molecule has 0 nitrogen and oxygen atoms in total. The van der Waals surface area contributed by atoms with Crippen LogP contribution in [0.5, 0.6) is 0 Å². The van der Waals surface area contributed by atoms with Crippen LogP contribution in [0.25, 0.3) is 0 Å². The number of hydrogen-bond donors (Lipinski definition) is 0. The van der Waals surface area contributed by atoms with E-state index in [4.69, 9.17) is 0 Å². The second-order valence-electron chi connectivity index (χ2n) is 6.41. The highest BCUT2D eigenvalue weighted by Gasteiger charge is 2.34. The van der Waals surface area contributed by atoms with Crippen LogP contribution in [0, 0.1) is 18.3 Å². The fourth-order valence-electron chi connectivity index (χ4n) is 3.62. The summed E-state index contributed by atoms with van der Waals surface area (Å²) >= 11 is 0. The van der Waals surface area contributed by atoms with Crippen molar-refractivity contribution in [3.05, 3.63) is 6.42 Å². The predicted octanol–water partition coefficient (Wildman–Crippen LogP) is 5.77. The maximum absolute atomic E-state index is 13.9. The van der Waals surface area contributed by atoms with Crippen molar-refractivity contribution < 1.29 is 8.78 Å². The standard InChI is InChI=1S/C16H27F2/c17-16(18,13-15-9-5-2-6-10-15)12-11-14-7-3-1-4-8-14/h12,14-15H,1-11,13H2. The van der Waals surface area contributed by atoms with Gasteiger partial charge in [0, 0.05) is 12.8 Å². The molecule has 0 N–H and O–H groups in total. The summed E-state index contributed by atoms with van der Waals surface area (Å²) in [6, 6.07) is 0. The van der Waals surface area contributed by atoms with Crippen molar-refractivity contribution >= 4 is 0 Å². The van der Waals surface area contributed by atoms with Crippen molar-refractivity contribution in [1.29, 1.82) is 0 Å². The molecule has 0 aromatic carbocycles. The Labute approximate surface area is 111 Å². The minimum absolute atomic E-state index is 0.111. The Bertz CT molecular complexity index is 225. The lowest BCUT2D eigenvalue weighted by Gasteiger charge is -2.28. The van der Waals surface area contributed by atoms with Gasteiger partial charge in [-0.15, -0.1) is 0 Å². The first-order valence-corrected chi connectivity index (χ1v) is 7.88. The highest BCUT2D eigenvalue weighted by molar-refractivity contribution is 4.89. The van der Waals surface area contributed by atoms with Gasteiger partial charge in [-0.3, -0.25) is 0 Å². The molecule has 2 saturated carbocycles. The highest BCUT2D eigenvalue weighted by atomic mass is 19.3. The molecule has 2 aliphatic carbocycles. The molecule has 0 bridgehead atoms. The zero-order valence-electron chi connectivity index (χ0n) is 11.5. The Kier molecular flexibility index (Phi) is 5.44. The SMILES string of the molecule is FC(F)([CH]CC1CCCCC1)CC1CCCCC1. The smallest absolute Gasteiger partial charge is 0.207 e. The zero-order chi connectivity index (χ0) is 12.8. The lowest BCUT2D eigenvalue weighted by Crippen LogP contribution is -2.24. The van der Waals surface area contributed by atoms with Crippen molar-refractivity contribution in [3.63, 3.8) is 0 Å². The maximum atomic E-state index is 13.9. The van der Waals surface area contributed by atoms with E-state index in [2.05, 4.69) is 0 Å². The largest absolute Gasteiger partial charge is 0.251 e. The van der Waals surface area contributed by atoms with Gasteiger partial charge < -0.3 is 0 Å². The van der Waals surface area contributed by atoms with Gasteiger partial charge in [-0.25, -0.2) is 8.78 Å². The summed E-state index contributed by atoms with van der Waals surface area (Å²) in [5.41, 5.74) is 0. The van der Waals surface area contributed by atoms with E-state index in [9.17, 15) is 8.78 Å². The Hall–Kier alpha value is -0.140. The Morgan fingerprint density at radius 3 is 1.83 bits per heavy atom. The molecule has 2 rings (SSSR count). The Morgan fingerprint density at radius 2 is 1.28 bits per heavy atom. The van der Waals surface area contributed by atoms with Gasteiger partial charge in [-0.05, 0) is 18.3 Å². The van der Waals surface area contributed by atoms with Crippen LogP contribution in [0.2, 0.25) is 0 Å². The van der Waals surface area contributed by atoms with Crippen LogP contribution in [0.4, 0.5) is 8.78 Å². The second kappa shape index (κ2) is 6.86. The maximum Gasteiger partial charge on any atom is 0.251 e. The Balaban J connectivity index is 1.68. The van der Waals surface area contributed by atoms with Crippen molar-refractivity contribution in [3.8, 4) is 0 Å². The topological polar surface area (TPSA) is 0 Å². The summed E-state index contributed by atoms with van der Waals surface area (Å²) in [7, 11) is 0. The summed E-state index contributed by atoms with van der Waals surface area (Å²) in [5, 5.41) is 0. The molecule has 0 heterocycles. The zero-order valence-corrected chi connectivity index (χ0v) is 11.5. The van der Waals surface area contributed by atoms with Crippen LogP contribution in [0.1, 0.15) is 77.0 Å². The van der Waals surface area contributed by atoms with Gasteiger partial charge in [-0.1, -0.05) is 64.2 Å². The summed E-state index contributed by atoms with van der Waals surface area (Å²) in [5.74, 6) is -1.70. The number of rotatable bonds is 5. The van der Waals surface area contributed by atoms with Crippen molar-refractivity contribution in [2.75, 3.05) is 0 Å². The fourth-order valence-corrected chi connectivity index (χ4v) is 3.62. The summed E-state index contributed by atoms with van der Waals surface area (Å²) in [6.45, 7) is 0. The molecule has 0 spiro atoms. The first-order chi connectivity index (χ1) is 8.66. The molecule has 2 fully saturated rings.